The van der Waals surface area contributed by atoms with Crippen LogP contribution in [0.1, 0.15) is 24.5 Å². The molecule has 0 aliphatic carbocycles. The molecule has 16 heavy (non-hydrogen) atoms. The van der Waals surface area contributed by atoms with Crippen LogP contribution in [0.4, 0.5) is 0 Å². The third-order valence-corrected chi connectivity index (χ3v) is 2.77. The van der Waals surface area contributed by atoms with Crippen LogP contribution >= 0.6 is 0 Å². The molecule has 0 amide bonds. The number of hydrogen-bond acceptors (Lipinski definition) is 3. The lowest BCUT2D eigenvalue weighted by Gasteiger charge is -2.06. The first-order valence-corrected chi connectivity index (χ1v) is 5.38. The molecule has 3 nitrogen and oxygen atoms in total. The second-order valence-electron chi connectivity index (χ2n) is 3.92. The van der Waals surface area contributed by atoms with E-state index in [9.17, 15) is 9.90 Å². The van der Waals surface area contributed by atoms with E-state index in [1.54, 1.807) is 12.1 Å². The Morgan fingerprint density at radius 3 is 2.81 bits per heavy atom. The van der Waals surface area contributed by atoms with E-state index in [2.05, 4.69) is 0 Å². The fraction of sp³-hybridized carbons (Fsp3) is 0.308. The highest BCUT2D eigenvalue weighted by molar-refractivity contribution is 5.82. The molecule has 1 aromatic carbocycles. The van der Waals surface area contributed by atoms with E-state index in [1.165, 1.54) is 6.07 Å². The van der Waals surface area contributed by atoms with Crippen LogP contribution in [0.5, 0.6) is 5.75 Å². The summed E-state index contributed by atoms with van der Waals surface area (Å²) < 4.78 is 5.19. The smallest absolute Gasteiger partial charge is 0.339 e. The number of fused-ring (bicyclic) bond motifs is 1. The van der Waals surface area contributed by atoms with Gasteiger partial charge in [-0.25, -0.2) is 4.79 Å². The Balaban J connectivity index is 2.78. The Kier molecular flexibility index (Phi) is 2.69. The van der Waals surface area contributed by atoms with Crippen molar-refractivity contribution in [3.05, 3.63) is 39.7 Å². The lowest BCUT2D eigenvalue weighted by molar-refractivity contribution is 0.472. The minimum absolute atomic E-state index is 0.110. The molecule has 0 aliphatic heterocycles. The molecule has 0 bridgehead atoms. The zero-order chi connectivity index (χ0) is 11.7. The molecule has 0 fully saturated rings. The third kappa shape index (κ3) is 1.69. The molecule has 3 heteroatoms. The number of benzene rings is 1. The van der Waals surface area contributed by atoms with Crippen molar-refractivity contribution < 1.29 is 9.52 Å². The molecule has 0 saturated heterocycles. The predicted octanol–water partition coefficient (Wildman–Crippen LogP) is 2.76. The number of aryl methyl sites for hydroxylation is 1. The molecular weight excluding hydrogens is 204 g/mol. The highest BCUT2D eigenvalue weighted by Crippen LogP contribution is 2.23. The van der Waals surface area contributed by atoms with E-state index < -0.39 is 0 Å². The number of aromatic hydroxyl groups is 1. The van der Waals surface area contributed by atoms with E-state index >= 15 is 0 Å². The lowest BCUT2D eigenvalue weighted by Crippen LogP contribution is -2.09. The van der Waals surface area contributed by atoms with Gasteiger partial charge in [0, 0.05) is 17.0 Å². The summed E-state index contributed by atoms with van der Waals surface area (Å²) in [5, 5.41) is 10.2. The number of rotatable bonds is 2. The SMILES string of the molecule is CCCc1c(C)c2ccc(O)cc2oc1=O. The Bertz CT molecular complexity index is 581. The average molecular weight is 218 g/mol. The van der Waals surface area contributed by atoms with Gasteiger partial charge in [-0.05, 0) is 31.0 Å². The van der Waals surface area contributed by atoms with Crippen LogP contribution in [0.3, 0.4) is 0 Å². The summed E-state index contributed by atoms with van der Waals surface area (Å²) in [5.74, 6) is 0.110. The quantitative estimate of drug-likeness (QED) is 0.788. The first-order chi connectivity index (χ1) is 7.63. The first kappa shape index (κ1) is 10.7. The van der Waals surface area contributed by atoms with Crippen molar-refractivity contribution in [1.29, 1.82) is 0 Å². The summed E-state index contributed by atoms with van der Waals surface area (Å²) >= 11 is 0. The molecule has 0 saturated carbocycles. The Morgan fingerprint density at radius 2 is 2.12 bits per heavy atom. The van der Waals surface area contributed by atoms with Gasteiger partial charge >= 0.3 is 5.63 Å². The van der Waals surface area contributed by atoms with Crippen molar-refractivity contribution in [2.75, 3.05) is 0 Å². The lowest BCUT2D eigenvalue weighted by atomic mass is 10.0. The summed E-state index contributed by atoms with van der Waals surface area (Å²) in [4.78, 5) is 11.7. The molecule has 1 heterocycles. The second-order valence-corrected chi connectivity index (χ2v) is 3.92. The van der Waals surface area contributed by atoms with E-state index in [-0.39, 0.29) is 11.4 Å². The van der Waals surface area contributed by atoms with Gasteiger partial charge in [-0.15, -0.1) is 0 Å². The van der Waals surface area contributed by atoms with Gasteiger partial charge in [0.25, 0.3) is 0 Å². The van der Waals surface area contributed by atoms with Crippen molar-refractivity contribution in [3.63, 3.8) is 0 Å². The zero-order valence-electron chi connectivity index (χ0n) is 9.41. The number of hydrogen-bond donors (Lipinski definition) is 1. The number of phenolic OH excluding ortho intramolecular Hbond substituents is 1. The van der Waals surface area contributed by atoms with Crippen LogP contribution in [-0.4, -0.2) is 5.11 Å². The first-order valence-electron chi connectivity index (χ1n) is 5.38. The molecule has 0 spiro atoms. The molecule has 0 unspecified atom stereocenters. The molecule has 0 radical (unpaired) electrons. The van der Waals surface area contributed by atoms with Gasteiger partial charge in [0.05, 0.1) is 0 Å². The maximum Gasteiger partial charge on any atom is 0.339 e. The molecule has 2 rings (SSSR count). The largest absolute Gasteiger partial charge is 0.508 e. The van der Waals surface area contributed by atoms with E-state index in [4.69, 9.17) is 4.42 Å². The summed E-state index contributed by atoms with van der Waals surface area (Å²) in [6.45, 7) is 3.95. The van der Waals surface area contributed by atoms with E-state index in [0.717, 1.165) is 29.4 Å². The van der Waals surface area contributed by atoms with Crippen LogP contribution in [0.25, 0.3) is 11.0 Å². The van der Waals surface area contributed by atoms with Gasteiger partial charge in [0.2, 0.25) is 0 Å². The molecular formula is C13H14O3. The van der Waals surface area contributed by atoms with Crippen LogP contribution in [0.15, 0.2) is 27.4 Å². The fourth-order valence-electron chi connectivity index (χ4n) is 1.92. The molecule has 84 valence electrons. The van der Waals surface area contributed by atoms with Crippen LogP contribution < -0.4 is 5.63 Å². The van der Waals surface area contributed by atoms with Crippen molar-refractivity contribution >= 4 is 11.0 Å². The minimum atomic E-state index is -0.294. The summed E-state index contributed by atoms with van der Waals surface area (Å²) in [6.07, 6.45) is 1.64. The zero-order valence-corrected chi connectivity index (χ0v) is 9.41. The average Bonchev–Trinajstić information content (AvgIpc) is 2.23. The molecule has 1 N–H and O–H groups in total. The van der Waals surface area contributed by atoms with E-state index in [0.29, 0.717) is 5.58 Å². The third-order valence-electron chi connectivity index (χ3n) is 2.77. The standard InChI is InChI=1S/C13H14O3/c1-3-4-11-8(2)10-6-5-9(14)7-12(10)16-13(11)15/h5-7,14H,3-4H2,1-2H3. The normalized spacial score (nSPS) is 10.9. The van der Waals surface area contributed by atoms with Gasteiger partial charge in [0.1, 0.15) is 11.3 Å². The Hall–Kier alpha value is -1.77. The topological polar surface area (TPSA) is 50.4 Å². The highest BCUT2D eigenvalue weighted by Gasteiger charge is 2.10. The van der Waals surface area contributed by atoms with Gasteiger partial charge in [0.15, 0.2) is 0 Å². The summed E-state index contributed by atoms with van der Waals surface area (Å²) in [5.41, 5.74) is 1.84. The fourth-order valence-corrected chi connectivity index (χ4v) is 1.92. The van der Waals surface area contributed by atoms with Gasteiger partial charge < -0.3 is 9.52 Å². The summed E-state index contributed by atoms with van der Waals surface area (Å²) in [7, 11) is 0. The highest BCUT2D eigenvalue weighted by atomic mass is 16.4. The molecule has 1 aromatic heterocycles. The van der Waals surface area contributed by atoms with Crippen molar-refractivity contribution in [2.24, 2.45) is 0 Å². The van der Waals surface area contributed by atoms with Crippen molar-refractivity contribution in [1.82, 2.24) is 0 Å². The molecule has 0 atom stereocenters. The Labute approximate surface area is 93.3 Å². The predicted molar refractivity (Wildman–Crippen MR) is 62.9 cm³/mol. The molecule has 2 aromatic rings. The van der Waals surface area contributed by atoms with Gasteiger partial charge in [-0.1, -0.05) is 13.3 Å². The van der Waals surface area contributed by atoms with Crippen LogP contribution in [0, 0.1) is 6.92 Å². The van der Waals surface area contributed by atoms with Gasteiger partial charge in [-0.3, -0.25) is 0 Å². The van der Waals surface area contributed by atoms with Crippen molar-refractivity contribution in [3.8, 4) is 5.75 Å². The van der Waals surface area contributed by atoms with E-state index in [1.807, 2.05) is 13.8 Å². The van der Waals surface area contributed by atoms with Crippen LogP contribution in [0.2, 0.25) is 0 Å². The minimum Gasteiger partial charge on any atom is -0.508 e. The molecule has 0 aliphatic rings. The monoisotopic (exact) mass is 218 g/mol. The second kappa shape index (κ2) is 4.00. The van der Waals surface area contributed by atoms with Gasteiger partial charge in [-0.2, -0.15) is 0 Å². The maximum absolute atomic E-state index is 11.7. The number of phenols is 1. The Morgan fingerprint density at radius 1 is 1.38 bits per heavy atom. The van der Waals surface area contributed by atoms with Crippen LogP contribution in [-0.2, 0) is 6.42 Å². The van der Waals surface area contributed by atoms with Crippen molar-refractivity contribution in [2.45, 2.75) is 26.7 Å². The maximum atomic E-state index is 11.7. The summed E-state index contributed by atoms with van der Waals surface area (Å²) in [6, 6.07) is 4.85.